The summed E-state index contributed by atoms with van der Waals surface area (Å²) in [5.74, 6) is -2.49. The smallest absolute Gasteiger partial charge is 0.307 e. The zero-order valence-corrected chi connectivity index (χ0v) is 12.4. The van der Waals surface area contributed by atoms with E-state index in [-0.39, 0.29) is 12.3 Å². The van der Waals surface area contributed by atoms with Gasteiger partial charge in [-0.25, -0.2) is 0 Å². The normalized spacial score (nSPS) is 14.4. The van der Waals surface area contributed by atoms with Gasteiger partial charge in [-0.05, 0) is 32.3 Å². The highest BCUT2D eigenvalue weighted by Gasteiger charge is 2.30. The minimum absolute atomic E-state index is 0.122. The summed E-state index contributed by atoms with van der Waals surface area (Å²) < 4.78 is 5.20. The lowest BCUT2D eigenvalue weighted by Gasteiger charge is -2.23. The van der Waals surface area contributed by atoms with Crippen molar-refractivity contribution in [2.45, 2.75) is 45.6 Å². The van der Waals surface area contributed by atoms with Crippen LogP contribution in [0.5, 0.6) is 0 Å². The van der Waals surface area contributed by atoms with Crippen LogP contribution in [0, 0.1) is 5.92 Å². The lowest BCUT2D eigenvalue weighted by Crippen LogP contribution is -2.29. The Morgan fingerprint density at radius 1 is 1.20 bits per heavy atom. The van der Waals surface area contributed by atoms with E-state index in [2.05, 4.69) is 0 Å². The molecular weight excluding hydrogens is 256 g/mol. The fourth-order valence-electron chi connectivity index (χ4n) is 2.03. The van der Waals surface area contributed by atoms with E-state index in [4.69, 9.17) is 4.74 Å². The van der Waals surface area contributed by atoms with Crippen LogP contribution in [-0.4, -0.2) is 22.6 Å². The van der Waals surface area contributed by atoms with Gasteiger partial charge in [-0.3, -0.25) is 9.59 Å². The van der Waals surface area contributed by atoms with E-state index < -0.39 is 23.5 Å². The lowest BCUT2D eigenvalue weighted by atomic mass is 9.85. The van der Waals surface area contributed by atoms with Crippen LogP contribution in [0.1, 0.15) is 45.6 Å². The minimum Gasteiger partial charge on any atom is -0.481 e. The van der Waals surface area contributed by atoms with Crippen molar-refractivity contribution in [3.05, 3.63) is 35.9 Å². The van der Waals surface area contributed by atoms with Gasteiger partial charge in [0, 0.05) is 0 Å². The van der Waals surface area contributed by atoms with Gasteiger partial charge in [-0.15, -0.1) is 0 Å². The van der Waals surface area contributed by atoms with Gasteiger partial charge in [0.2, 0.25) is 0 Å². The predicted molar refractivity (Wildman–Crippen MR) is 76.4 cm³/mol. The first kappa shape index (κ1) is 16.2. The van der Waals surface area contributed by atoms with Crippen molar-refractivity contribution in [2.75, 3.05) is 0 Å². The van der Waals surface area contributed by atoms with Crippen LogP contribution in [0.2, 0.25) is 0 Å². The number of hydrogen-bond acceptors (Lipinski definition) is 3. The number of hydrogen-bond donors (Lipinski definition) is 1. The van der Waals surface area contributed by atoms with Crippen LogP contribution in [0.3, 0.4) is 0 Å². The fourth-order valence-corrected chi connectivity index (χ4v) is 2.03. The molecule has 0 aliphatic heterocycles. The molecule has 4 nitrogen and oxygen atoms in total. The second-order valence-corrected chi connectivity index (χ2v) is 5.93. The van der Waals surface area contributed by atoms with E-state index in [9.17, 15) is 14.7 Å². The maximum atomic E-state index is 11.8. The summed E-state index contributed by atoms with van der Waals surface area (Å²) in [6, 6.07) is 9.34. The number of carboxylic acid groups (broad SMARTS) is 1. The summed E-state index contributed by atoms with van der Waals surface area (Å²) in [6.07, 6.45) is -0.122. The minimum atomic E-state index is -0.979. The molecule has 20 heavy (non-hydrogen) atoms. The van der Waals surface area contributed by atoms with E-state index in [0.29, 0.717) is 0 Å². The highest BCUT2D eigenvalue weighted by Crippen LogP contribution is 2.28. The van der Waals surface area contributed by atoms with Gasteiger partial charge in [-0.2, -0.15) is 0 Å². The molecule has 1 rings (SSSR count). The molecule has 1 aromatic carbocycles. The van der Waals surface area contributed by atoms with Crippen LogP contribution < -0.4 is 0 Å². The highest BCUT2D eigenvalue weighted by atomic mass is 16.6. The maximum Gasteiger partial charge on any atom is 0.307 e. The Balaban J connectivity index is 2.80. The van der Waals surface area contributed by atoms with Crippen molar-refractivity contribution in [3.63, 3.8) is 0 Å². The molecular formula is C16H22O4. The third-order valence-corrected chi connectivity index (χ3v) is 3.05. The first-order valence-corrected chi connectivity index (χ1v) is 6.70. The predicted octanol–water partition coefficient (Wildman–Crippen LogP) is 3.22. The van der Waals surface area contributed by atoms with Crippen LogP contribution in [0.4, 0.5) is 0 Å². The van der Waals surface area contributed by atoms with Crippen molar-refractivity contribution in [2.24, 2.45) is 5.92 Å². The summed E-state index contributed by atoms with van der Waals surface area (Å²) in [7, 11) is 0. The van der Waals surface area contributed by atoms with E-state index in [0.717, 1.165) is 5.56 Å². The number of carboxylic acids is 1. The zero-order chi connectivity index (χ0) is 15.3. The number of benzene rings is 1. The van der Waals surface area contributed by atoms with Gasteiger partial charge >= 0.3 is 11.9 Å². The Labute approximate surface area is 119 Å². The zero-order valence-electron chi connectivity index (χ0n) is 12.4. The Morgan fingerprint density at radius 3 is 2.20 bits per heavy atom. The molecule has 2 atom stereocenters. The molecule has 0 bridgehead atoms. The molecule has 0 saturated carbocycles. The van der Waals surface area contributed by atoms with Gasteiger partial charge in [0.15, 0.2) is 0 Å². The largest absolute Gasteiger partial charge is 0.481 e. The standard InChI is InChI=1S/C16H22O4/c1-11(12-8-6-5-7-9-12)13(15(18)19)10-14(17)20-16(2,3)4/h5-9,11,13H,10H2,1-4H3,(H,18,19)/t11-,13+/m0/s1. The Hall–Kier alpha value is -1.84. The third-order valence-electron chi connectivity index (χ3n) is 3.05. The Bertz CT molecular complexity index is 459. The second kappa shape index (κ2) is 6.55. The van der Waals surface area contributed by atoms with E-state index in [1.54, 1.807) is 20.8 Å². The average Bonchev–Trinajstić information content (AvgIpc) is 2.34. The summed E-state index contributed by atoms with van der Waals surface area (Å²) in [5, 5.41) is 9.34. The number of ether oxygens (including phenoxy) is 1. The monoisotopic (exact) mass is 278 g/mol. The van der Waals surface area contributed by atoms with Crippen molar-refractivity contribution in [1.82, 2.24) is 0 Å². The van der Waals surface area contributed by atoms with Crippen molar-refractivity contribution < 1.29 is 19.4 Å². The van der Waals surface area contributed by atoms with Crippen molar-refractivity contribution >= 4 is 11.9 Å². The van der Waals surface area contributed by atoms with Gasteiger partial charge in [0.05, 0.1) is 12.3 Å². The van der Waals surface area contributed by atoms with Gasteiger partial charge in [0.1, 0.15) is 5.60 Å². The molecule has 1 aromatic rings. The van der Waals surface area contributed by atoms with Crippen molar-refractivity contribution in [3.8, 4) is 0 Å². The molecule has 0 unspecified atom stereocenters. The molecule has 1 N–H and O–H groups in total. The molecule has 110 valence electrons. The molecule has 0 aliphatic carbocycles. The molecule has 0 spiro atoms. The number of carbonyl (C=O) groups excluding carboxylic acids is 1. The number of carbonyl (C=O) groups is 2. The molecule has 0 saturated heterocycles. The number of aliphatic carboxylic acids is 1. The number of esters is 1. The fraction of sp³-hybridized carbons (Fsp3) is 0.500. The van der Waals surface area contributed by atoms with Gasteiger partial charge in [0.25, 0.3) is 0 Å². The molecule has 0 aromatic heterocycles. The summed E-state index contributed by atoms with van der Waals surface area (Å²) in [5.41, 5.74) is 0.305. The SMILES string of the molecule is C[C@@H](c1ccccc1)[C@@H](CC(=O)OC(C)(C)C)C(=O)O. The Kier molecular flexibility index (Phi) is 5.31. The molecule has 0 aliphatic rings. The van der Waals surface area contributed by atoms with Crippen LogP contribution in [-0.2, 0) is 14.3 Å². The molecule has 0 heterocycles. The van der Waals surface area contributed by atoms with Crippen molar-refractivity contribution in [1.29, 1.82) is 0 Å². The molecule has 0 amide bonds. The maximum absolute atomic E-state index is 11.8. The molecule has 0 fully saturated rings. The quantitative estimate of drug-likeness (QED) is 0.840. The van der Waals surface area contributed by atoms with Crippen LogP contribution in [0.15, 0.2) is 30.3 Å². The first-order valence-electron chi connectivity index (χ1n) is 6.70. The third kappa shape index (κ3) is 5.03. The molecule has 4 heteroatoms. The topological polar surface area (TPSA) is 63.6 Å². The summed E-state index contributed by atoms with van der Waals surface area (Å²) in [6.45, 7) is 7.11. The van der Waals surface area contributed by atoms with Crippen LogP contribution >= 0.6 is 0 Å². The lowest BCUT2D eigenvalue weighted by molar-refractivity contribution is -0.160. The summed E-state index contributed by atoms with van der Waals surface area (Å²) >= 11 is 0. The second-order valence-electron chi connectivity index (χ2n) is 5.93. The van der Waals surface area contributed by atoms with Gasteiger partial charge < -0.3 is 9.84 Å². The number of rotatable bonds is 5. The Morgan fingerprint density at radius 2 is 1.75 bits per heavy atom. The first-order chi connectivity index (χ1) is 9.20. The van der Waals surface area contributed by atoms with E-state index in [1.807, 2.05) is 37.3 Å². The van der Waals surface area contributed by atoms with E-state index in [1.165, 1.54) is 0 Å². The van der Waals surface area contributed by atoms with E-state index >= 15 is 0 Å². The summed E-state index contributed by atoms with van der Waals surface area (Å²) in [4.78, 5) is 23.2. The van der Waals surface area contributed by atoms with Gasteiger partial charge in [-0.1, -0.05) is 37.3 Å². The highest BCUT2D eigenvalue weighted by molar-refractivity contribution is 5.79. The van der Waals surface area contributed by atoms with Crippen LogP contribution in [0.25, 0.3) is 0 Å². The average molecular weight is 278 g/mol. The molecule has 0 radical (unpaired) electrons.